The number of rotatable bonds is 4. The number of hydrogen-bond donors (Lipinski definition) is 1. The number of nitrogens with zero attached hydrogens (tertiary/aromatic N) is 1. The van der Waals surface area contributed by atoms with Crippen LogP contribution in [-0.2, 0) is 14.6 Å². The fraction of sp³-hybridized carbons (Fsp3) is 0.353. The van der Waals surface area contributed by atoms with Crippen molar-refractivity contribution in [2.45, 2.75) is 11.4 Å². The summed E-state index contributed by atoms with van der Waals surface area (Å²) in [4.78, 5) is 14.0. The summed E-state index contributed by atoms with van der Waals surface area (Å²) in [6, 6.07) is 13.5. The lowest BCUT2D eigenvalue weighted by atomic mass is 10.1. The SMILES string of the molecule is CN(CC(=O)N[C@H]1CS(=O)(=O)C[C@@H]1Cl)c1ccc2ccccc2c1. The van der Waals surface area contributed by atoms with Crippen LogP contribution in [0.5, 0.6) is 0 Å². The van der Waals surface area contributed by atoms with Crippen molar-refractivity contribution in [1.82, 2.24) is 5.32 Å². The lowest BCUT2D eigenvalue weighted by Gasteiger charge is -2.21. The summed E-state index contributed by atoms with van der Waals surface area (Å²) in [5, 5.41) is 4.41. The van der Waals surface area contributed by atoms with Gasteiger partial charge in [-0.1, -0.05) is 30.3 Å². The summed E-state index contributed by atoms with van der Waals surface area (Å²) in [6.07, 6.45) is 0. The minimum absolute atomic E-state index is 0.0833. The molecule has 2 aromatic carbocycles. The minimum Gasteiger partial charge on any atom is -0.365 e. The van der Waals surface area contributed by atoms with Gasteiger partial charge in [0.15, 0.2) is 9.84 Å². The predicted molar refractivity (Wildman–Crippen MR) is 97.4 cm³/mol. The van der Waals surface area contributed by atoms with Crippen LogP contribution in [0, 0.1) is 0 Å². The Labute approximate surface area is 146 Å². The number of sulfone groups is 1. The van der Waals surface area contributed by atoms with E-state index in [1.165, 1.54) is 0 Å². The van der Waals surface area contributed by atoms with E-state index in [-0.39, 0.29) is 24.0 Å². The fourth-order valence-corrected chi connectivity index (χ4v) is 5.46. The monoisotopic (exact) mass is 366 g/mol. The van der Waals surface area contributed by atoms with E-state index in [4.69, 9.17) is 11.6 Å². The standard InChI is InChI=1S/C17H19ClN2O3S/c1-20(14-7-6-12-4-2-3-5-13(12)8-14)9-17(21)19-16-11-24(22,23)10-15(16)18/h2-8,15-16H,9-11H2,1H3,(H,19,21)/t15-,16-/m0/s1. The molecule has 3 rings (SSSR count). The van der Waals surface area contributed by atoms with Crippen molar-refractivity contribution in [3.63, 3.8) is 0 Å². The van der Waals surface area contributed by atoms with Gasteiger partial charge < -0.3 is 10.2 Å². The summed E-state index contributed by atoms with van der Waals surface area (Å²) >= 11 is 6.02. The van der Waals surface area contributed by atoms with Gasteiger partial charge in [0.05, 0.1) is 29.5 Å². The molecule has 0 aromatic heterocycles. The molecule has 5 nitrogen and oxygen atoms in total. The molecular weight excluding hydrogens is 348 g/mol. The van der Waals surface area contributed by atoms with E-state index in [2.05, 4.69) is 5.32 Å². The molecule has 0 radical (unpaired) electrons. The molecule has 1 aliphatic rings. The first-order valence-electron chi connectivity index (χ1n) is 7.68. The third kappa shape index (κ3) is 3.82. The predicted octanol–water partition coefficient (Wildman–Crippen LogP) is 1.80. The van der Waals surface area contributed by atoms with Crippen LogP contribution in [0.2, 0.25) is 0 Å². The summed E-state index contributed by atoms with van der Waals surface area (Å²) in [5.74, 6) is -0.412. The number of halogens is 1. The molecule has 1 N–H and O–H groups in total. The largest absolute Gasteiger partial charge is 0.365 e. The van der Waals surface area contributed by atoms with Gasteiger partial charge in [0.25, 0.3) is 0 Å². The minimum atomic E-state index is -3.16. The number of likely N-dealkylation sites (N-methyl/N-ethyl adjacent to an activating group) is 1. The molecule has 1 fully saturated rings. The maximum atomic E-state index is 12.2. The summed E-state index contributed by atoms with van der Waals surface area (Å²) < 4.78 is 23.1. The van der Waals surface area contributed by atoms with Crippen molar-refractivity contribution in [2.75, 3.05) is 30.0 Å². The third-order valence-corrected chi connectivity index (χ3v) is 6.56. The molecule has 1 saturated heterocycles. The zero-order chi connectivity index (χ0) is 17.3. The molecule has 1 heterocycles. The molecule has 0 spiro atoms. The van der Waals surface area contributed by atoms with E-state index in [9.17, 15) is 13.2 Å². The van der Waals surface area contributed by atoms with Crippen LogP contribution < -0.4 is 10.2 Å². The number of fused-ring (bicyclic) bond motifs is 1. The number of alkyl halides is 1. The molecule has 128 valence electrons. The van der Waals surface area contributed by atoms with Crippen LogP contribution in [0.25, 0.3) is 10.8 Å². The van der Waals surface area contributed by atoms with Crippen molar-refractivity contribution < 1.29 is 13.2 Å². The summed E-state index contributed by atoms with van der Waals surface area (Å²) in [5.41, 5.74) is 0.922. The first-order chi connectivity index (χ1) is 11.3. The fourth-order valence-electron chi connectivity index (χ4n) is 2.91. The highest BCUT2D eigenvalue weighted by molar-refractivity contribution is 7.91. The average Bonchev–Trinajstić information content (AvgIpc) is 2.78. The van der Waals surface area contributed by atoms with E-state index >= 15 is 0 Å². The number of nitrogens with one attached hydrogen (secondary N) is 1. The maximum absolute atomic E-state index is 12.2. The first-order valence-corrected chi connectivity index (χ1v) is 9.94. The number of anilines is 1. The van der Waals surface area contributed by atoms with E-state index in [0.29, 0.717) is 0 Å². The first kappa shape index (κ1) is 17.0. The highest BCUT2D eigenvalue weighted by atomic mass is 35.5. The van der Waals surface area contributed by atoms with Gasteiger partial charge in [0.1, 0.15) is 0 Å². The Balaban J connectivity index is 1.65. The number of hydrogen-bond acceptors (Lipinski definition) is 4. The van der Waals surface area contributed by atoms with Gasteiger partial charge >= 0.3 is 0 Å². The quantitative estimate of drug-likeness (QED) is 0.838. The molecule has 0 aliphatic carbocycles. The van der Waals surface area contributed by atoms with Crippen molar-refractivity contribution in [1.29, 1.82) is 0 Å². The molecule has 2 atom stereocenters. The number of amides is 1. The number of carbonyl (C=O) groups is 1. The van der Waals surface area contributed by atoms with Gasteiger partial charge in [-0.2, -0.15) is 0 Å². The smallest absolute Gasteiger partial charge is 0.239 e. The Kier molecular flexibility index (Phi) is 4.69. The van der Waals surface area contributed by atoms with Crippen molar-refractivity contribution in [3.8, 4) is 0 Å². The Hall–Kier alpha value is -1.79. The molecule has 1 aliphatic heterocycles. The second kappa shape index (κ2) is 6.61. The van der Waals surface area contributed by atoms with Crippen LogP contribution in [-0.4, -0.2) is 50.8 Å². The molecule has 2 aromatic rings. The van der Waals surface area contributed by atoms with Crippen LogP contribution in [0.4, 0.5) is 5.69 Å². The van der Waals surface area contributed by atoms with Crippen LogP contribution in [0.3, 0.4) is 0 Å². The molecule has 24 heavy (non-hydrogen) atoms. The Morgan fingerprint density at radius 3 is 2.58 bits per heavy atom. The third-order valence-electron chi connectivity index (χ3n) is 4.18. The van der Waals surface area contributed by atoms with E-state index in [1.807, 2.05) is 54.4 Å². The van der Waals surface area contributed by atoms with Crippen molar-refractivity contribution >= 4 is 43.8 Å². The zero-order valence-corrected chi connectivity index (χ0v) is 14.8. The number of benzene rings is 2. The Morgan fingerprint density at radius 1 is 1.21 bits per heavy atom. The molecule has 1 amide bonds. The lowest BCUT2D eigenvalue weighted by Crippen LogP contribution is -2.45. The van der Waals surface area contributed by atoms with Crippen LogP contribution in [0.15, 0.2) is 42.5 Å². The van der Waals surface area contributed by atoms with E-state index in [0.717, 1.165) is 16.5 Å². The van der Waals surface area contributed by atoms with Crippen molar-refractivity contribution in [3.05, 3.63) is 42.5 Å². The van der Waals surface area contributed by atoms with Gasteiger partial charge in [0.2, 0.25) is 5.91 Å². The molecule has 7 heteroatoms. The highest BCUT2D eigenvalue weighted by Crippen LogP contribution is 2.21. The molecule has 0 saturated carbocycles. The van der Waals surface area contributed by atoms with E-state index in [1.54, 1.807) is 0 Å². The van der Waals surface area contributed by atoms with E-state index < -0.39 is 21.3 Å². The summed E-state index contributed by atoms with van der Waals surface area (Å²) in [6.45, 7) is 0.137. The Bertz CT molecular complexity index is 869. The normalized spacial score (nSPS) is 22.4. The molecular formula is C17H19ClN2O3S. The van der Waals surface area contributed by atoms with Gasteiger partial charge in [-0.3, -0.25) is 4.79 Å². The lowest BCUT2D eigenvalue weighted by molar-refractivity contribution is -0.120. The van der Waals surface area contributed by atoms with Crippen molar-refractivity contribution in [2.24, 2.45) is 0 Å². The van der Waals surface area contributed by atoms with Gasteiger partial charge in [-0.25, -0.2) is 8.42 Å². The van der Waals surface area contributed by atoms with Crippen LogP contribution >= 0.6 is 11.6 Å². The molecule has 0 bridgehead atoms. The average molecular weight is 367 g/mol. The second-order valence-corrected chi connectivity index (χ2v) is 8.87. The summed E-state index contributed by atoms with van der Waals surface area (Å²) in [7, 11) is -1.33. The number of carbonyl (C=O) groups excluding carboxylic acids is 1. The van der Waals surface area contributed by atoms with Gasteiger partial charge in [-0.05, 0) is 22.9 Å². The van der Waals surface area contributed by atoms with Gasteiger partial charge in [0, 0.05) is 12.7 Å². The Morgan fingerprint density at radius 2 is 1.92 bits per heavy atom. The second-order valence-electron chi connectivity index (χ2n) is 6.15. The van der Waals surface area contributed by atoms with Gasteiger partial charge in [-0.15, -0.1) is 11.6 Å². The maximum Gasteiger partial charge on any atom is 0.239 e. The highest BCUT2D eigenvalue weighted by Gasteiger charge is 2.37. The zero-order valence-electron chi connectivity index (χ0n) is 13.3. The topological polar surface area (TPSA) is 66.5 Å². The van der Waals surface area contributed by atoms with Crippen LogP contribution in [0.1, 0.15) is 0 Å². The molecule has 0 unspecified atom stereocenters.